The number of anilines is 2. The van der Waals surface area contributed by atoms with Crippen LogP contribution in [-0.2, 0) is 0 Å². The lowest BCUT2D eigenvalue weighted by Gasteiger charge is -2.09. The van der Waals surface area contributed by atoms with Gasteiger partial charge in [0.05, 0.1) is 5.69 Å². The quantitative estimate of drug-likeness (QED) is 0.339. The third-order valence-electron chi connectivity index (χ3n) is 2.05. The van der Waals surface area contributed by atoms with Crippen LogP contribution in [0.4, 0.5) is 11.5 Å². The number of nitrogens with zero attached hydrogens (tertiary/aromatic N) is 2. The van der Waals surface area contributed by atoms with Crippen LogP contribution < -0.4 is 5.32 Å². The van der Waals surface area contributed by atoms with Gasteiger partial charge in [-0.05, 0) is 47.0 Å². The smallest absolute Gasteiger partial charge is 0.190 e. The zero-order chi connectivity index (χ0) is 13.1. The summed E-state index contributed by atoms with van der Waals surface area (Å²) in [6, 6.07) is 7.29. The van der Waals surface area contributed by atoms with E-state index < -0.39 is 0 Å². The van der Waals surface area contributed by atoms with Crippen LogP contribution in [0.15, 0.2) is 29.4 Å². The lowest BCUT2D eigenvalue weighted by molar-refractivity contribution is 0.976. The van der Waals surface area contributed by atoms with Crippen molar-refractivity contribution in [3.05, 3.63) is 38.0 Å². The van der Waals surface area contributed by atoms with E-state index in [0.717, 1.165) is 9.26 Å². The number of hydrogen-bond acceptors (Lipinski definition) is 4. The largest absolute Gasteiger partial charge is 0.339 e. The van der Waals surface area contributed by atoms with Crippen molar-refractivity contribution in [3.8, 4) is 0 Å². The summed E-state index contributed by atoms with van der Waals surface area (Å²) in [7, 11) is 0. The van der Waals surface area contributed by atoms with E-state index in [4.69, 9.17) is 23.2 Å². The summed E-state index contributed by atoms with van der Waals surface area (Å²) in [4.78, 5) is 8.42. The third-order valence-corrected chi connectivity index (χ3v) is 3.92. The van der Waals surface area contributed by atoms with Crippen LogP contribution in [0.25, 0.3) is 0 Å². The fraction of sp³-hybridized carbons (Fsp3) is 0.0909. The van der Waals surface area contributed by atoms with Gasteiger partial charge < -0.3 is 5.32 Å². The second-order valence-electron chi connectivity index (χ2n) is 3.31. The molecule has 0 saturated heterocycles. The number of rotatable bonds is 3. The zero-order valence-electron chi connectivity index (χ0n) is 9.25. The van der Waals surface area contributed by atoms with Gasteiger partial charge >= 0.3 is 0 Å². The van der Waals surface area contributed by atoms with Crippen molar-refractivity contribution in [1.29, 1.82) is 0 Å². The Morgan fingerprint density at radius 1 is 1.22 bits per heavy atom. The summed E-state index contributed by atoms with van der Waals surface area (Å²) in [6.07, 6.45) is 1.90. The van der Waals surface area contributed by atoms with E-state index in [1.165, 1.54) is 11.8 Å². The SMILES string of the molecule is CSc1nc(Cl)cc(Nc2ccc(Cl)cc2I)n1. The molecule has 0 radical (unpaired) electrons. The Bertz CT molecular complexity index is 580. The van der Waals surface area contributed by atoms with Gasteiger partial charge in [-0.1, -0.05) is 35.0 Å². The van der Waals surface area contributed by atoms with E-state index in [1.54, 1.807) is 6.07 Å². The second-order valence-corrected chi connectivity index (χ2v) is 6.07. The molecule has 0 amide bonds. The summed E-state index contributed by atoms with van der Waals surface area (Å²) in [5, 5.41) is 4.95. The molecule has 0 atom stereocenters. The van der Waals surface area contributed by atoms with Crippen LogP contribution in [0.1, 0.15) is 0 Å². The van der Waals surface area contributed by atoms with Gasteiger partial charge in [-0.25, -0.2) is 9.97 Å². The van der Waals surface area contributed by atoms with Gasteiger partial charge in [-0.15, -0.1) is 0 Å². The summed E-state index contributed by atoms with van der Waals surface area (Å²) < 4.78 is 1.01. The van der Waals surface area contributed by atoms with Crippen molar-refractivity contribution in [2.45, 2.75) is 5.16 Å². The Morgan fingerprint density at radius 2 is 2.00 bits per heavy atom. The number of thioether (sulfide) groups is 1. The van der Waals surface area contributed by atoms with E-state index in [1.807, 2.05) is 24.5 Å². The molecular weight excluding hydrogens is 404 g/mol. The molecule has 1 N–H and O–H groups in total. The lowest BCUT2D eigenvalue weighted by Crippen LogP contribution is -1.98. The first-order valence-electron chi connectivity index (χ1n) is 4.89. The Kier molecular flexibility index (Phi) is 4.94. The molecule has 0 aliphatic carbocycles. The summed E-state index contributed by atoms with van der Waals surface area (Å²) in [6.45, 7) is 0. The molecule has 1 aromatic carbocycles. The van der Waals surface area contributed by atoms with Crippen LogP contribution >= 0.6 is 57.6 Å². The lowest BCUT2D eigenvalue weighted by atomic mass is 10.3. The molecule has 7 heteroatoms. The molecule has 0 fully saturated rings. The minimum atomic E-state index is 0.417. The molecule has 94 valence electrons. The van der Waals surface area contributed by atoms with Crippen molar-refractivity contribution < 1.29 is 0 Å². The zero-order valence-corrected chi connectivity index (χ0v) is 13.7. The highest BCUT2D eigenvalue weighted by Crippen LogP contribution is 2.26. The number of benzene rings is 1. The standard InChI is InChI=1S/C11H8Cl2IN3S/c1-18-11-16-9(13)5-10(17-11)15-8-3-2-6(12)4-7(8)14/h2-5H,1H3,(H,15,16,17). The molecular formula is C11H8Cl2IN3S. The number of hydrogen-bond donors (Lipinski definition) is 1. The molecule has 0 bridgehead atoms. The Morgan fingerprint density at radius 3 is 2.67 bits per heavy atom. The minimum Gasteiger partial charge on any atom is -0.339 e. The Balaban J connectivity index is 2.30. The summed E-state index contributed by atoms with van der Waals surface area (Å²) in [5.41, 5.74) is 0.932. The van der Waals surface area contributed by atoms with E-state index in [2.05, 4.69) is 37.9 Å². The maximum atomic E-state index is 5.93. The molecule has 0 aliphatic heterocycles. The average Bonchev–Trinajstić information content (AvgIpc) is 2.32. The first-order chi connectivity index (χ1) is 8.58. The predicted octanol–water partition coefficient (Wildman–Crippen LogP) is 4.85. The molecule has 18 heavy (non-hydrogen) atoms. The van der Waals surface area contributed by atoms with Crippen LogP contribution in [0, 0.1) is 3.57 Å². The van der Waals surface area contributed by atoms with Crippen molar-refractivity contribution >= 4 is 69.1 Å². The van der Waals surface area contributed by atoms with Gasteiger partial charge in [-0.2, -0.15) is 0 Å². The number of halogens is 3. The summed E-state index contributed by atoms with van der Waals surface area (Å²) in [5.74, 6) is 0.666. The predicted molar refractivity (Wildman–Crippen MR) is 86.3 cm³/mol. The summed E-state index contributed by atoms with van der Waals surface area (Å²) >= 11 is 15.5. The van der Waals surface area contributed by atoms with Crippen molar-refractivity contribution in [1.82, 2.24) is 9.97 Å². The van der Waals surface area contributed by atoms with Gasteiger partial charge in [0.2, 0.25) is 0 Å². The molecule has 3 nitrogen and oxygen atoms in total. The molecule has 2 aromatic rings. The first kappa shape index (κ1) is 14.2. The average molecular weight is 412 g/mol. The van der Waals surface area contributed by atoms with E-state index >= 15 is 0 Å². The van der Waals surface area contributed by atoms with E-state index in [9.17, 15) is 0 Å². The Hall–Kier alpha value is -0.240. The van der Waals surface area contributed by atoms with Crippen LogP contribution in [-0.4, -0.2) is 16.2 Å². The molecule has 0 aliphatic rings. The van der Waals surface area contributed by atoms with Crippen molar-refractivity contribution in [2.75, 3.05) is 11.6 Å². The molecule has 0 unspecified atom stereocenters. The van der Waals surface area contributed by atoms with Gasteiger partial charge in [0, 0.05) is 14.7 Å². The molecule has 1 heterocycles. The number of aromatic nitrogens is 2. The molecule has 0 saturated carbocycles. The fourth-order valence-corrected chi connectivity index (χ4v) is 2.90. The monoisotopic (exact) mass is 411 g/mol. The fourth-order valence-electron chi connectivity index (χ4n) is 1.28. The van der Waals surface area contributed by atoms with Gasteiger partial charge in [0.25, 0.3) is 0 Å². The van der Waals surface area contributed by atoms with Gasteiger partial charge in [-0.3, -0.25) is 0 Å². The maximum absolute atomic E-state index is 5.93. The van der Waals surface area contributed by atoms with Crippen molar-refractivity contribution in [2.24, 2.45) is 0 Å². The van der Waals surface area contributed by atoms with Crippen LogP contribution in [0.3, 0.4) is 0 Å². The van der Waals surface area contributed by atoms with Crippen LogP contribution in [0.5, 0.6) is 0 Å². The normalized spacial score (nSPS) is 10.4. The Labute approximate surface area is 133 Å². The van der Waals surface area contributed by atoms with E-state index in [-0.39, 0.29) is 0 Å². The highest BCUT2D eigenvalue weighted by atomic mass is 127. The van der Waals surface area contributed by atoms with E-state index in [0.29, 0.717) is 21.2 Å². The third kappa shape index (κ3) is 3.63. The second kappa shape index (κ2) is 6.27. The molecule has 1 aromatic heterocycles. The van der Waals surface area contributed by atoms with Crippen LogP contribution in [0.2, 0.25) is 10.2 Å². The van der Waals surface area contributed by atoms with Crippen molar-refractivity contribution in [3.63, 3.8) is 0 Å². The maximum Gasteiger partial charge on any atom is 0.190 e. The highest BCUT2D eigenvalue weighted by molar-refractivity contribution is 14.1. The number of nitrogens with one attached hydrogen (secondary N) is 1. The highest BCUT2D eigenvalue weighted by Gasteiger charge is 2.05. The van der Waals surface area contributed by atoms with Gasteiger partial charge in [0.1, 0.15) is 11.0 Å². The minimum absolute atomic E-state index is 0.417. The topological polar surface area (TPSA) is 37.8 Å². The first-order valence-corrected chi connectivity index (χ1v) is 7.95. The molecule has 0 spiro atoms. The van der Waals surface area contributed by atoms with Gasteiger partial charge in [0.15, 0.2) is 5.16 Å². The molecule has 2 rings (SSSR count).